The third-order valence-electron chi connectivity index (χ3n) is 8.90. The summed E-state index contributed by atoms with van der Waals surface area (Å²) in [4.78, 5) is 24.1. The molecule has 4 rings (SSSR count). The zero-order valence-electron chi connectivity index (χ0n) is 15.4. The largest absolute Gasteiger partial charge is 0.393 e. The lowest BCUT2D eigenvalue weighted by molar-refractivity contribution is -0.173. The molecule has 0 heterocycles. The number of aliphatic hydroxyl groups excluding tert-OH is 1. The van der Waals surface area contributed by atoms with E-state index in [1.165, 1.54) is 0 Å². The molecule has 0 bridgehead atoms. The van der Waals surface area contributed by atoms with Crippen LogP contribution in [0.2, 0.25) is 0 Å². The predicted octanol–water partition coefficient (Wildman–Crippen LogP) is 3.77. The normalized spacial score (nSPS) is 53.9. The summed E-state index contributed by atoms with van der Waals surface area (Å²) in [6, 6.07) is 0. The molecule has 0 saturated heterocycles. The molecule has 24 heavy (non-hydrogen) atoms. The molecule has 4 aliphatic carbocycles. The quantitative estimate of drug-likeness (QED) is 0.795. The number of fused-ring (bicyclic) bond motifs is 5. The Morgan fingerprint density at radius 1 is 1.12 bits per heavy atom. The van der Waals surface area contributed by atoms with Crippen LogP contribution in [0.15, 0.2) is 0 Å². The van der Waals surface area contributed by atoms with Crippen LogP contribution in [0.1, 0.15) is 72.1 Å². The summed E-state index contributed by atoms with van der Waals surface area (Å²) >= 11 is 0. The molecule has 0 aromatic carbocycles. The highest BCUT2D eigenvalue weighted by Gasteiger charge is 2.63. The number of carbonyl (C=O) groups is 2. The molecule has 0 aromatic heterocycles. The maximum atomic E-state index is 12.2. The van der Waals surface area contributed by atoms with Gasteiger partial charge in [0.05, 0.1) is 6.10 Å². The van der Waals surface area contributed by atoms with E-state index in [9.17, 15) is 14.7 Å². The van der Waals surface area contributed by atoms with Gasteiger partial charge in [-0.25, -0.2) is 0 Å². The standard InChI is InChI=1S/C21H32O3/c1-12(22)16-6-7-17-15-5-4-13-10-14(23)8-9-20(13,2)19(15)18(24)11-21(16,17)3/h13,15-19,24H,4-11H2,1-3H3/t13-,15+,16+,17-,18+,19+,20+,21-/m1/s1. The van der Waals surface area contributed by atoms with Gasteiger partial charge in [-0.1, -0.05) is 13.8 Å². The molecule has 4 saturated carbocycles. The first-order chi connectivity index (χ1) is 11.3. The van der Waals surface area contributed by atoms with E-state index in [1.807, 2.05) is 0 Å². The highest BCUT2D eigenvalue weighted by Crippen LogP contribution is 2.67. The second-order valence-electron chi connectivity index (χ2n) is 9.84. The van der Waals surface area contributed by atoms with E-state index in [1.54, 1.807) is 6.92 Å². The van der Waals surface area contributed by atoms with Crippen LogP contribution in [0.25, 0.3) is 0 Å². The maximum Gasteiger partial charge on any atom is 0.133 e. The fourth-order valence-corrected chi connectivity index (χ4v) is 7.84. The third kappa shape index (κ3) is 2.12. The Morgan fingerprint density at radius 2 is 1.88 bits per heavy atom. The van der Waals surface area contributed by atoms with E-state index in [-0.39, 0.29) is 22.9 Å². The molecule has 8 atom stereocenters. The Bertz CT molecular complexity index is 569. The third-order valence-corrected chi connectivity index (χ3v) is 8.90. The highest BCUT2D eigenvalue weighted by atomic mass is 16.3. The zero-order valence-corrected chi connectivity index (χ0v) is 15.4. The van der Waals surface area contributed by atoms with Crippen molar-refractivity contribution >= 4 is 11.6 Å². The van der Waals surface area contributed by atoms with Crippen LogP contribution in [0, 0.1) is 40.4 Å². The van der Waals surface area contributed by atoms with E-state index >= 15 is 0 Å². The van der Waals surface area contributed by atoms with Gasteiger partial charge < -0.3 is 5.11 Å². The van der Waals surface area contributed by atoms with Crippen molar-refractivity contribution in [3.05, 3.63) is 0 Å². The van der Waals surface area contributed by atoms with Crippen molar-refractivity contribution in [2.24, 2.45) is 40.4 Å². The molecular formula is C21H32O3. The molecule has 0 aromatic rings. The Balaban J connectivity index is 1.68. The topological polar surface area (TPSA) is 54.4 Å². The van der Waals surface area contributed by atoms with Gasteiger partial charge in [0.25, 0.3) is 0 Å². The van der Waals surface area contributed by atoms with Gasteiger partial charge in [0.1, 0.15) is 11.6 Å². The summed E-state index contributed by atoms with van der Waals surface area (Å²) in [5, 5.41) is 11.2. The van der Waals surface area contributed by atoms with Crippen molar-refractivity contribution in [3.63, 3.8) is 0 Å². The van der Waals surface area contributed by atoms with Gasteiger partial charge in [0.2, 0.25) is 0 Å². The van der Waals surface area contributed by atoms with Crippen LogP contribution < -0.4 is 0 Å². The Labute approximate surface area is 145 Å². The summed E-state index contributed by atoms with van der Waals surface area (Å²) in [5.74, 6) is 2.78. The van der Waals surface area contributed by atoms with Crippen LogP contribution in [0.3, 0.4) is 0 Å². The molecule has 134 valence electrons. The molecule has 0 unspecified atom stereocenters. The minimum absolute atomic E-state index is 0.0138. The molecule has 3 nitrogen and oxygen atoms in total. The fourth-order valence-electron chi connectivity index (χ4n) is 7.84. The summed E-state index contributed by atoms with van der Waals surface area (Å²) in [7, 11) is 0. The molecular weight excluding hydrogens is 300 g/mol. The SMILES string of the molecule is CC(=O)[C@@H]1CC[C@@H]2[C@@H]3CC[C@@H]4CC(=O)CC[C@]4(C)[C@@H]3[C@@H](O)C[C@@]21C. The fraction of sp³-hybridized carbons (Fsp3) is 0.905. The van der Waals surface area contributed by atoms with Gasteiger partial charge in [0.15, 0.2) is 0 Å². The van der Waals surface area contributed by atoms with E-state index in [2.05, 4.69) is 13.8 Å². The summed E-state index contributed by atoms with van der Waals surface area (Å²) < 4.78 is 0. The number of carbonyl (C=O) groups excluding carboxylic acids is 2. The minimum Gasteiger partial charge on any atom is -0.393 e. The number of hydrogen-bond donors (Lipinski definition) is 1. The molecule has 0 spiro atoms. The highest BCUT2D eigenvalue weighted by molar-refractivity contribution is 5.80. The van der Waals surface area contributed by atoms with E-state index in [4.69, 9.17) is 0 Å². The summed E-state index contributed by atoms with van der Waals surface area (Å²) in [6.45, 7) is 6.36. The lowest BCUT2D eigenvalue weighted by atomic mass is 9.44. The van der Waals surface area contributed by atoms with Crippen molar-refractivity contribution in [3.8, 4) is 0 Å². The van der Waals surface area contributed by atoms with Gasteiger partial charge in [0, 0.05) is 18.8 Å². The molecule has 3 heteroatoms. The van der Waals surface area contributed by atoms with Crippen LogP contribution in [0.4, 0.5) is 0 Å². The van der Waals surface area contributed by atoms with Crippen LogP contribution >= 0.6 is 0 Å². The molecule has 0 amide bonds. The van der Waals surface area contributed by atoms with Gasteiger partial charge in [-0.05, 0) is 80.0 Å². The van der Waals surface area contributed by atoms with E-state index in [0.717, 1.165) is 44.9 Å². The van der Waals surface area contributed by atoms with E-state index < -0.39 is 0 Å². The minimum atomic E-state index is -0.308. The first kappa shape index (κ1) is 16.8. The second kappa shape index (κ2) is 5.40. The average molecular weight is 332 g/mol. The second-order valence-corrected chi connectivity index (χ2v) is 9.84. The van der Waals surface area contributed by atoms with Crippen LogP contribution in [-0.4, -0.2) is 22.8 Å². The zero-order chi connectivity index (χ0) is 17.3. The number of Topliss-reactive ketones (excluding diaryl/α,β-unsaturated/α-hetero) is 2. The summed E-state index contributed by atoms with van der Waals surface area (Å²) in [6.07, 6.45) is 7.27. The smallest absolute Gasteiger partial charge is 0.133 e. The van der Waals surface area contributed by atoms with Gasteiger partial charge >= 0.3 is 0 Å². The lowest BCUT2D eigenvalue weighted by Gasteiger charge is -2.61. The van der Waals surface area contributed by atoms with E-state index in [0.29, 0.717) is 41.7 Å². The maximum absolute atomic E-state index is 12.2. The lowest BCUT2D eigenvalue weighted by Crippen LogP contribution is -2.59. The molecule has 0 radical (unpaired) electrons. The van der Waals surface area contributed by atoms with Gasteiger partial charge in [-0.2, -0.15) is 0 Å². The van der Waals surface area contributed by atoms with Gasteiger partial charge in [-0.3, -0.25) is 9.59 Å². The molecule has 4 aliphatic rings. The Hall–Kier alpha value is -0.700. The number of ketones is 2. The predicted molar refractivity (Wildman–Crippen MR) is 92.3 cm³/mol. The first-order valence-electron chi connectivity index (χ1n) is 9.97. The molecule has 1 N–H and O–H groups in total. The first-order valence-corrected chi connectivity index (χ1v) is 9.97. The molecule has 0 aliphatic heterocycles. The van der Waals surface area contributed by atoms with Crippen LogP contribution in [0.5, 0.6) is 0 Å². The monoisotopic (exact) mass is 332 g/mol. The van der Waals surface area contributed by atoms with Crippen molar-refractivity contribution in [2.45, 2.75) is 78.2 Å². The van der Waals surface area contributed by atoms with Gasteiger partial charge in [-0.15, -0.1) is 0 Å². The Kier molecular flexibility index (Phi) is 3.77. The number of aliphatic hydroxyl groups is 1. The summed E-state index contributed by atoms with van der Waals surface area (Å²) in [5.41, 5.74) is 0.103. The van der Waals surface area contributed by atoms with Crippen molar-refractivity contribution in [2.75, 3.05) is 0 Å². The van der Waals surface area contributed by atoms with Crippen molar-refractivity contribution in [1.82, 2.24) is 0 Å². The number of hydrogen-bond acceptors (Lipinski definition) is 3. The van der Waals surface area contributed by atoms with Crippen LogP contribution in [-0.2, 0) is 9.59 Å². The number of rotatable bonds is 1. The van der Waals surface area contributed by atoms with Crippen molar-refractivity contribution < 1.29 is 14.7 Å². The Morgan fingerprint density at radius 3 is 2.58 bits per heavy atom. The average Bonchev–Trinajstić information content (AvgIpc) is 2.84. The van der Waals surface area contributed by atoms with Crippen molar-refractivity contribution in [1.29, 1.82) is 0 Å². The molecule has 4 fully saturated rings.